The Balaban J connectivity index is 0.000000956. The maximum atomic E-state index is 12.7. The summed E-state index contributed by atoms with van der Waals surface area (Å²) in [6, 6.07) is 4.03. The Labute approximate surface area is 118 Å². The van der Waals surface area contributed by atoms with E-state index in [4.69, 9.17) is 0 Å². The lowest BCUT2D eigenvalue weighted by molar-refractivity contribution is -0.137. The first-order valence-electron chi connectivity index (χ1n) is 6.98. The number of rotatable bonds is 1. The molecule has 0 aliphatic carbocycles. The summed E-state index contributed by atoms with van der Waals surface area (Å²) in [5.74, 6) is 0. The zero-order chi connectivity index (χ0) is 15.3. The van der Waals surface area contributed by atoms with Gasteiger partial charge in [-0.2, -0.15) is 13.2 Å². The van der Waals surface area contributed by atoms with Crippen LogP contribution in [-0.4, -0.2) is 24.3 Å². The third kappa shape index (κ3) is 4.40. The molecule has 1 unspecified atom stereocenters. The van der Waals surface area contributed by atoms with E-state index in [9.17, 15) is 18.3 Å². The van der Waals surface area contributed by atoms with Gasteiger partial charge in [0.05, 0.1) is 11.7 Å². The van der Waals surface area contributed by atoms with E-state index in [1.807, 2.05) is 18.7 Å². The highest BCUT2D eigenvalue weighted by atomic mass is 19.4. The van der Waals surface area contributed by atoms with E-state index >= 15 is 0 Å². The monoisotopic (exact) mass is 289 g/mol. The summed E-state index contributed by atoms with van der Waals surface area (Å²) in [4.78, 5) is 1.82. The average Bonchev–Trinajstić information content (AvgIpc) is 2.39. The molecule has 2 rings (SSSR count). The number of alkyl halides is 3. The number of hydrogen-bond acceptors (Lipinski definition) is 2. The van der Waals surface area contributed by atoms with Crippen LogP contribution in [0.5, 0.6) is 0 Å². The van der Waals surface area contributed by atoms with Gasteiger partial charge in [0.1, 0.15) is 0 Å². The van der Waals surface area contributed by atoms with Crippen molar-refractivity contribution in [2.75, 3.05) is 18.0 Å². The highest BCUT2D eigenvalue weighted by molar-refractivity contribution is 5.52. The molecule has 1 aliphatic rings. The lowest BCUT2D eigenvalue weighted by atomic mass is 10.0. The maximum Gasteiger partial charge on any atom is 0.416 e. The van der Waals surface area contributed by atoms with Crippen LogP contribution in [0.1, 0.15) is 37.8 Å². The Bertz CT molecular complexity index is 432. The Morgan fingerprint density at radius 3 is 2.40 bits per heavy atom. The molecular formula is C15H22F3NO. The van der Waals surface area contributed by atoms with Gasteiger partial charge in [-0.1, -0.05) is 13.8 Å². The topological polar surface area (TPSA) is 23.5 Å². The third-order valence-electron chi connectivity index (χ3n) is 3.15. The fourth-order valence-corrected chi connectivity index (χ4v) is 2.30. The zero-order valence-corrected chi connectivity index (χ0v) is 12.2. The second kappa shape index (κ2) is 6.97. The maximum absolute atomic E-state index is 12.7. The minimum absolute atomic E-state index is 0.404. The number of β-amino-alcohol motifs (C(OH)–C–C–N with tert-alkyl or cyclic N) is 1. The summed E-state index contributed by atoms with van der Waals surface area (Å²) in [5, 5.41) is 9.58. The second-order valence-electron chi connectivity index (χ2n) is 4.80. The second-order valence-corrected chi connectivity index (χ2v) is 4.80. The summed E-state index contributed by atoms with van der Waals surface area (Å²) in [6.45, 7) is 6.75. The molecule has 1 aromatic rings. The summed E-state index contributed by atoms with van der Waals surface area (Å²) in [5.41, 5.74) is 0.499. The van der Waals surface area contributed by atoms with Gasteiger partial charge < -0.3 is 10.0 Å². The highest BCUT2D eigenvalue weighted by Gasteiger charge is 2.31. The molecule has 1 heterocycles. The van der Waals surface area contributed by atoms with Crippen LogP contribution in [0.15, 0.2) is 18.2 Å². The van der Waals surface area contributed by atoms with E-state index in [0.29, 0.717) is 30.8 Å². The number of anilines is 1. The molecule has 1 saturated heterocycles. The first kappa shape index (κ1) is 16.8. The standard InChI is InChI=1S/C13H16F3NO.C2H6/c1-9-5-10(13(14,15)16)7-11(6-9)17-4-2-3-12(18)8-17;1-2/h5-7,12,18H,2-4,8H2,1H3;1-2H3. The summed E-state index contributed by atoms with van der Waals surface area (Å²) < 4.78 is 38.2. The van der Waals surface area contributed by atoms with Crippen molar-refractivity contribution in [3.8, 4) is 0 Å². The van der Waals surface area contributed by atoms with Gasteiger partial charge in [0, 0.05) is 18.8 Å². The first-order chi connectivity index (χ1) is 9.36. The quantitative estimate of drug-likeness (QED) is 0.844. The smallest absolute Gasteiger partial charge is 0.391 e. The Morgan fingerprint density at radius 2 is 1.85 bits per heavy atom. The molecule has 1 aliphatic heterocycles. The molecule has 2 nitrogen and oxygen atoms in total. The molecule has 5 heteroatoms. The van der Waals surface area contributed by atoms with Crippen LogP contribution < -0.4 is 4.90 Å². The highest BCUT2D eigenvalue weighted by Crippen LogP contribution is 2.33. The van der Waals surface area contributed by atoms with Crippen molar-refractivity contribution < 1.29 is 18.3 Å². The van der Waals surface area contributed by atoms with Crippen molar-refractivity contribution in [2.24, 2.45) is 0 Å². The van der Waals surface area contributed by atoms with Crippen molar-refractivity contribution in [3.63, 3.8) is 0 Å². The molecule has 0 amide bonds. The molecule has 0 spiro atoms. The predicted octanol–water partition coefficient (Wildman–Crippen LogP) is 4.00. The number of benzene rings is 1. The van der Waals surface area contributed by atoms with Crippen molar-refractivity contribution >= 4 is 5.69 Å². The Morgan fingerprint density at radius 1 is 1.20 bits per heavy atom. The number of aliphatic hydroxyl groups is 1. The average molecular weight is 289 g/mol. The van der Waals surface area contributed by atoms with Crippen molar-refractivity contribution in [2.45, 2.75) is 45.9 Å². The number of aryl methyl sites for hydroxylation is 1. The van der Waals surface area contributed by atoms with Crippen LogP contribution in [-0.2, 0) is 6.18 Å². The minimum atomic E-state index is -4.32. The van der Waals surface area contributed by atoms with Crippen LogP contribution in [0.2, 0.25) is 0 Å². The fraction of sp³-hybridized carbons (Fsp3) is 0.600. The molecular weight excluding hydrogens is 267 g/mol. The SMILES string of the molecule is CC.Cc1cc(N2CCCC(O)C2)cc(C(F)(F)F)c1. The van der Waals surface area contributed by atoms with Gasteiger partial charge in [-0.15, -0.1) is 0 Å². The van der Waals surface area contributed by atoms with E-state index in [1.54, 1.807) is 13.0 Å². The largest absolute Gasteiger partial charge is 0.416 e. The molecule has 1 atom stereocenters. The van der Waals surface area contributed by atoms with Gasteiger partial charge in [0.2, 0.25) is 0 Å². The van der Waals surface area contributed by atoms with E-state index in [1.165, 1.54) is 0 Å². The first-order valence-corrected chi connectivity index (χ1v) is 6.98. The number of halogens is 3. The van der Waals surface area contributed by atoms with E-state index in [-0.39, 0.29) is 0 Å². The van der Waals surface area contributed by atoms with Gasteiger partial charge in [-0.3, -0.25) is 0 Å². The van der Waals surface area contributed by atoms with Crippen molar-refractivity contribution in [1.82, 2.24) is 0 Å². The van der Waals surface area contributed by atoms with Crippen LogP contribution in [0.4, 0.5) is 18.9 Å². The molecule has 114 valence electrons. The van der Waals surface area contributed by atoms with Crippen LogP contribution >= 0.6 is 0 Å². The zero-order valence-electron chi connectivity index (χ0n) is 12.2. The molecule has 0 bridgehead atoms. The van der Waals surface area contributed by atoms with E-state index in [2.05, 4.69) is 0 Å². The normalized spacial score (nSPS) is 19.4. The number of nitrogens with zero attached hydrogens (tertiary/aromatic N) is 1. The lowest BCUT2D eigenvalue weighted by Gasteiger charge is -2.32. The van der Waals surface area contributed by atoms with Gasteiger partial charge in [0.15, 0.2) is 0 Å². The van der Waals surface area contributed by atoms with Crippen LogP contribution in [0.3, 0.4) is 0 Å². The minimum Gasteiger partial charge on any atom is -0.391 e. The molecule has 1 fully saturated rings. The summed E-state index contributed by atoms with van der Waals surface area (Å²) >= 11 is 0. The van der Waals surface area contributed by atoms with Crippen LogP contribution in [0, 0.1) is 6.92 Å². The number of hydrogen-bond donors (Lipinski definition) is 1. The predicted molar refractivity (Wildman–Crippen MR) is 75.0 cm³/mol. The molecule has 0 radical (unpaired) electrons. The molecule has 1 aromatic carbocycles. The molecule has 0 aromatic heterocycles. The van der Waals surface area contributed by atoms with Crippen molar-refractivity contribution in [3.05, 3.63) is 29.3 Å². The van der Waals surface area contributed by atoms with Gasteiger partial charge >= 0.3 is 6.18 Å². The Kier molecular flexibility index (Phi) is 5.87. The fourth-order valence-electron chi connectivity index (χ4n) is 2.30. The van der Waals surface area contributed by atoms with Gasteiger partial charge in [-0.25, -0.2) is 0 Å². The lowest BCUT2D eigenvalue weighted by Crippen LogP contribution is -2.38. The number of aliphatic hydroxyl groups excluding tert-OH is 1. The summed E-state index contributed by atoms with van der Waals surface area (Å²) in [7, 11) is 0. The molecule has 0 saturated carbocycles. The Hall–Kier alpha value is -1.23. The van der Waals surface area contributed by atoms with Crippen molar-refractivity contribution in [1.29, 1.82) is 0 Å². The number of piperidine rings is 1. The molecule has 20 heavy (non-hydrogen) atoms. The van der Waals surface area contributed by atoms with Gasteiger partial charge in [0.25, 0.3) is 0 Å². The van der Waals surface area contributed by atoms with Crippen LogP contribution in [0.25, 0.3) is 0 Å². The van der Waals surface area contributed by atoms with E-state index < -0.39 is 17.8 Å². The molecule has 1 N–H and O–H groups in total. The van der Waals surface area contributed by atoms with Gasteiger partial charge in [-0.05, 0) is 43.5 Å². The van der Waals surface area contributed by atoms with E-state index in [0.717, 1.165) is 18.6 Å². The third-order valence-corrected chi connectivity index (χ3v) is 3.15. The summed E-state index contributed by atoms with van der Waals surface area (Å²) in [6.07, 6.45) is -3.26.